The van der Waals surface area contributed by atoms with Gasteiger partial charge >= 0.3 is 0 Å². The molecule has 0 fully saturated rings. The van der Waals surface area contributed by atoms with Crippen LogP contribution in [-0.2, 0) is 11.2 Å². The molecule has 0 saturated heterocycles. The fraction of sp³-hybridized carbons (Fsp3) is 0.286. The number of benzene rings is 2. The lowest BCUT2D eigenvalue weighted by Gasteiger charge is -2.37. The first kappa shape index (κ1) is 23.8. The standard InChI is InChI=1S/C28H30N2O3S/c1-4-14-29(28(32)22-8-6-5-7-9-22)18-27(31)30-15-12-26-23(13-16-34-26)24(30)19-33-25-11-10-20(2)17-21(25)3/h4-11,13,16-17,24H,1,12,14-15,18-19H2,2-3H3. The molecule has 2 aromatic carbocycles. The van der Waals surface area contributed by atoms with Crippen LogP contribution >= 0.6 is 11.3 Å². The second kappa shape index (κ2) is 10.7. The number of amides is 2. The van der Waals surface area contributed by atoms with Crippen molar-refractivity contribution in [3.63, 3.8) is 0 Å². The monoisotopic (exact) mass is 474 g/mol. The number of nitrogens with zero attached hydrogens (tertiary/aromatic N) is 2. The van der Waals surface area contributed by atoms with Crippen LogP contribution < -0.4 is 4.74 Å². The number of hydrogen-bond donors (Lipinski definition) is 0. The molecule has 176 valence electrons. The molecular weight excluding hydrogens is 444 g/mol. The lowest BCUT2D eigenvalue weighted by atomic mass is 10.00. The first-order valence-corrected chi connectivity index (χ1v) is 12.4. The van der Waals surface area contributed by atoms with E-state index in [1.807, 2.05) is 42.2 Å². The molecule has 1 aliphatic heterocycles. The molecule has 5 nitrogen and oxygen atoms in total. The zero-order valence-electron chi connectivity index (χ0n) is 19.7. The van der Waals surface area contributed by atoms with Gasteiger partial charge < -0.3 is 14.5 Å². The third-order valence-electron chi connectivity index (χ3n) is 6.13. The van der Waals surface area contributed by atoms with Gasteiger partial charge in [-0.1, -0.05) is 42.0 Å². The second-order valence-electron chi connectivity index (χ2n) is 8.57. The van der Waals surface area contributed by atoms with Crippen LogP contribution in [0.25, 0.3) is 0 Å². The van der Waals surface area contributed by atoms with E-state index in [-0.39, 0.29) is 24.4 Å². The summed E-state index contributed by atoms with van der Waals surface area (Å²) in [6.45, 7) is 9.14. The predicted octanol–water partition coefficient (Wildman–Crippen LogP) is 5.20. The topological polar surface area (TPSA) is 49.9 Å². The maximum Gasteiger partial charge on any atom is 0.254 e. The molecule has 3 aromatic rings. The highest BCUT2D eigenvalue weighted by atomic mass is 32.1. The van der Waals surface area contributed by atoms with Crippen LogP contribution in [0.1, 0.15) is 38.0 Å². The molecule has 1 unspecified atom stereocenters. The Kier molecular flexibility index (Phi) is 7.48. The molecule has 1 aromatic heterocycles. The lowest BCUT2D eigenvalue weighted by Crippen LogP contribution is -2.47. The highest BCUT2D eigenvalue weighted by Crippen LogP contribution is 2.34. The molecule has 0 saturated carbocycles. The molecule has 2 amide bonds. The zero-order chi connectivity index (χ0) is 24.1. The van der Waals surface area contributed by atoms with Gasteiger partial charge in [-0.2, -0.15) is 0 Å². The molecule has 0 radical (unpaired) electrons. The quantitative estimate of drug-likeness (QED) is 0.422. The smallest absolute Gasteiger partial charge is 0.254 e. The molecule has 4 rings (SSSR count). The number of fused-ring (bicyclic) bond motifs is 1. The molecule has 34 heavy (non-hydrogen) atoms. The van der Waals surface area contributed by atoms with Gasteiger partial charge in [-0.25, -0.2) is 0 Å². The van der Waals surface area contributed by atoms with Gasteiger partial charge in [0.1, 0.15) is 18.9 Å². The molecule has 6 heteroatoms. The molecule has 0 bridgehead atoms. The summed E-state index contributed by atoms with van der Waals surface area (Å²) in [7, 11) is 0. The van der Waals surface area contributed by atoms with Crippen LogP contribution in [0.2, 0.25) is 0 Å². The Hall–Kier alpha value is -3.38. The predicted molar refractivity (Wildman–Crippen MR) is 136 cm³/mol. The van der Waals surface area contributed by atoms with Crippen molar-refractivity contribution in [2.24, 2.45) is 0 Å². The first-order valence-electron chi connectivity index (χ1n) is 11.5. The Morgan fingerprint density at radius 1 is 1.18 bits per heavy atom. The van der Waals surface area contributed by atoms with Gasteiger partial charge in [-0.3, -0.25) is 9.59 Å². The zero-order valence-corrected chi connectivity index (χ0v) is 20.5. The van der Waals surface area contributed by atoms with Crippen molar-refractivity contribution in [1.29, 1.82) is 0 Å². The van der Waals surface area contributed by atoms with E-state index in [2.05, 4.69) is 31.0 Å². The minimum absolute atomic E-state index is 0.000717. The van der Waals surface area contributed by atoms with Crippen molar-refractivity contribution in [3.05, 3.63) is 99.8 Å². The normalized spacial score (nSPS) is 14.9. The van der Waals surface area contributed by atoms with Crippen LogP contribution in [0.15, 0.2) is 72.6 Å². The van der Waals surface area contributed by atoms with Crippen molar-refractivity contribution in [3.8, 4) is 5.75 Å². The minimum atomic E-state index is -0.194. The average molecular weight is 475 g/mol. The van der Waals surface area contributed by atoms with E-state index in [0.717, 1.165) is 23.3 Å². The molecule has 0 N–H and O–H groups in total. The summed E-state index contributed by atoms with van der Waals surface area (Å²) >= 11 is 1.72. The minimum Gasteiger partial charge on any atom is -0.491 e. The van der Waals surface area contributed by atoms with Crippen LogP contribution in [0, 0.1) is 13.8 Å². The molecule has 0 aliphatic carbocycles. The third kappa shape index (κ3) is 5.23. The molecular formula is C28H30N2O3S. The number of aryl methyl sites for hydroxylation is 2. The molecule has 0 spiro atoms. The largest absolute Gasteiger partial charge is 0.491 e. The number of carbonyl (C=O) groups is 2. The van der Waals surface area contributed by atoms with Crippen LogP contribution in [0.5, 0.6) is 5.75 Å². The second-order valence-corrected chi connectivity index (χ2v) is 9.57. The van der Waals surface area contributed by atoms with Crippen LogP contribution in [0.3, 0.4) is 0 Å². The number of carbonyl (C=O) groups excluding carboxylic acids is 2. The van der Waals surface area contributed by atoms with Gasteiger partial charge in [-0.05, 0) is 61.0 Å². The number of thiophene rings is 1. The van der Waals surface area contributed by atoms with E-state index in [1.54, 1.807) is 34.4 Å². The SMILES string of the molecule is C=CCN(CC(=O)N1CCc2sccc2C1COc1ccc(C)cc1C)C(=O)c1ccccc1. The van der Waals surface area contributed by atoms with Gasteiger partial charge in [0, 0.05) is 23.5 Å². The summed E-state index contributed by atoms with van der Waals surface area (Å²) in [5.41, 5.74) is 3.96. The fourth-order valence-corrected chi connectivity index (χ4v) is 5.33. The van der Waals surface area contributed by atoms with Crippen molar-refractivity contribution >= 4 is 23.2 Å². The Morgan fingerprint density at radius 3 is 2.71 bits per heavy atom. The summed E-state index contributed by atoms with van der Waals surface area (Å²) in [6, 6.07) is 17.1. The average Bonchev–Trinajstić information content (AvgIpc) is 3.32. The van der Waals surface area contributed by atoms with E-state index in [4.69, 9.17) is 4.74 Å². The van der Waals surface area contributed by atoms with E-state index >= 15 is 0 Å². The van der Waals surface area contributed by atoms with Crippen molar-refractivity contribution < 1.29 is 14.3 Å². The summed E-state index contributed by atoms with van der Waals surface area (Å²) in [5, 5.41) is 2.08. The van der Waals surface area contributed by atoms with Crippen LogP contribution in [-0.4, -0.2) is 47.9 Å². The summed E-state index contributed by atoms with van der Waals surface area (Å²) in [5.74, 6) is 0.565. The van der Waals surface area contributed by atoms with Gasteiger partial charge in [-0.15, -0.1) is 17.9 Å². The maximum absolute atomic E-state index is 13.5. The van der Waals surface area contributed by atoms with E-state index in [1.165, 1.54) is 10.4 Å². The molecule has 1 aliphatic rings. The Balaban J connectivity index is 1.53. The summed E-state index contributed by atoms with van der Waals surface area (Å²) in [6.07, 6.45) is 2.47. The van der Waals surface area contributed by atoms with E-state index in [0.29, 0.717) is 25.3 Å². The summed E-state index contributed by atoms with van der Waals surface area (Å²) < 4.78 is 6.22. The van der Waals surface area contributed by atoms with Gasteiger partial charge in [0.2, 0.25) is 5.91 Å². The maximum atomic E-state index is 13.5. The van der Waals surface area contributed by atoms with E-state index in [9.17, 15) is 9.59 Å². The highest BCUT2D eigenvalue weighted by Gasteiger charge is 2.33. The number of rotatable bonds is 8. The van der Waals surface area contributed by atoms with Crippen molar-refractivity contribution in [2.75, 3.05) is 26.2 Å². The number of ether oxygens (including phenoxy) is 1. The third-order valence-corrected chi connectivity index (χ3v) is 7.12. The van der Waals surface area contributed by atoms with E-state index < -0.39 is 0 Å². The van der Waals surface area contributed by atoms with Crippen molar-refractivity contribution in [1.82, 2.24) is 9.80 Å². The lowest BCUT2D eigenvalue weighted by molar-refractivity contribution is -0.135. The Bertz CT molecular complexity index is 1170. The van der Waals surface area contributed by atoms with Crippen molar-refractivity contribution in [2.45, 2.75) is 26.3 Å². The molecule has 2 heterocycles. The number of hydrogen-bond acceptors (Lipinski definition) is 4. The van der Waals surface area contributed by atoms with Gasteiger partial charge in [0.25, 0.3) is 5.91 Å². The highest BCUT2D eigenvalue weighted by molar-refractivity contribution is 7.10. The Labute approximate surface area is 205 Å². The van der Waals surface area contributed by atoms with Gasteiger partial charge in [0.15, 0.2) is 0 Å². The summed E-state index contributed by atoms with van der Waals surface area (Å²) in [4.78, 5) is 31.3. The van der Waals surface area contributed by atoms with Crippen LogP contribution in [0.4, 0.5) is 0 Å². The Morgan fingerprint density at radius 2 is 1.97 bits per heavy atom. The molecule has 1 atom stereocenters. The fourth-order valence-electron chi connectivity index (χ4n) is 4.40. The van der Waals surface area contributed by atoms with Gasteiger partial charge in [0.05, 0.1) is 6.04 Å². The first-order chi connectivity index (χ1) is 16.5.